The van der Waals surface area contributed by atoms with Crippen molar-refractivity contribution in [3.63, 3.8) is 0 Å². The molecule has 1 nitrogen and oxygen atoms in total. The number of aryl methyl sites for hydroxylation is 1. The third-order valence-electron chi connectivity index (χ3n) is 8.34. The number of fused-ring (bicyclic) bond motifs is 1. The molecule has 2 aliphatic heterocycles. The van der Waals surface area contributed by atoms with Crippen molar-refractivity contribution in [3.8, 4) is 16.8 Å². The van der Waals surface area contributed by atoms with Gasteiger partial charge in [0, 0.05) is 23.1 Å². The normalized spacial score (nSPS) is 19.2. The van der Waals surface area contributed by atoms with E-state index in [9.17, 15) is 0 Å². The van der Waals surface area contributed by atoms with E-state index in [2.05, 4.69) is 130 Å². The molecule has 0 amide bonds. The minimum atomic E-state index is -1.17. The molecule has 8 rings (SSSR count). The summed E-state index contributed by atoms with van der Waals surface area (Å²) in [6.07, 6.45) is 4.60. The summed E-state index contributed by atoms with van der Waals surface area (Å²) in [5.74, 6) is 0. The number of halogens is 2. The monoisotopic (exact) mass is 630 g/mol. The Bertz CT molecular complexity index is 1550. The maximum atomic E-state index is 2.51. The number of rotatable bonds is 2. The molecule has 4 aliphatic rings. The molecule has 191 valence electrons. The number of para-hydroxylation sites is 1. The van der Waals surface area contributed by atoms with Gasteiger partial charge in [-0.15, -0.1) is 0 Å². The first kappa shape index (κ1) is 29.1. The van der Waals surface area contributed by atoms with Gasteiger partial charge in [0.2, 0.25) is 0 Å². The van der Waals surface area contributed by atoms with Crippen LogP contribution in [0.2, 0.25) is 13.1 Å². The molecule has 1 aromatic heterocycles. The minimum Gasteiger partial charge on any atom is -1.00 e. The van der Waals surface area contributed by atoms with Crippen molar-refractivity contribution in [2.24, 2.45) is 0 Å². The van der Waals surface area contributed by atoms with E-state index in [0.29, 0.717) is 3.63 Å². The van der Waals surface area contributed by atoms with E-state index < -0.39 is 8.07 Å². The van der Waals surface area contributed by atoms with Gasteiger partial charge in [-0.2, -0.15) is 0 Å². The first-order chi connectivity index (χ1) is 17.3. The number of aromatic nitrogens is 1. The molecule has 4 aromatic rings. The van der Waals surface area contributed by atoms with Crippen LogP contribution in [0.25, 0.3) is 28.1 Å². The van der Waals surface area contributed by atoms with Crippen molar-refractivity contribution in [1.82, 2.24) is 4.57 Å². The number of hydrogen-bond acceptors (Lipinski definition) is 0. The summed E-state index contributed by atoms with van der Waals surface area (Å²) in [6, 6.07) is 28.6. The summed E-state index contributed by atoms with van der Waals surface area (Å²) in [6.45, 7) is 11.7. The molecule has 0 saturated carbocycles. The molecular formula is C33H32Cl2NSiZr. The van der Waals surface area contributed by atoms with E-state index in [0.717, 1.165) is 5.54 Å². The van der Waals surface area contributed by atoms with Gasteiger partial charge in [-0.05, 0) is 30.7 Å². The van der Waals surface area contributed by atoms with Crippen LogP contribution in [-0.4, -0.2) is 12.6 Å². The zero-order valence-electron chi connectivity index (χ0n) is 22.5. The molecule has 0 spiro atoms. The van der Waals surface area contributed by atoms with Gasteiger partial charge in [0.05, 0.1) is 8.07 Å². The Balaban J connectivity index is 0.000000168. The van der Waals surface area contributed by atoms with Crippen LogP contribution in [0.5, 0.6) is 0 Å². The molecule has 0 saturated heterocycles. The van der Waals surface area contributed by atoms with Crippen molar-refractivity contribution < 1.29 is 49.5 Å². The van der Waals surface area contributed by atoms with Crippen molar-refractivity contribution >= 4 is 19.3 Å². The van der Waals surface area contributed by atoms with Gasteiger partial charge in [-0.25, -0.2) is 0 Å². The van der Waals surface area contributed by atoms with Gasteiger partial charge in [0.25, 0.3) is 0 Å². The zero-order valence-corrected chi connectivity index (χ0v) is 27.5. The van der Waals surface area contributed by atoms with Crippen molar-refractivity contribution in [2.45, 2.75) is 43.0 Å². The molecule has 0 N–H and O–H groups in total. The predicted molar refractivity (Wildman–Crippen MR) is 152 cm³/mol. The first-order valence-corrected chi connectivity index (χ1v) is 17.4. The van der Waals surface area contributed by atoms with Gasteiger partial charge < -0.3 is 29.4 Å². The number of hydrogen-bond donors (Lipinski definition) is 0. The summed E-state index contributed by atoms with van der Waals surface area (Å²) < 4.78 is 3.05. The minimum absolute atomic E-state index is 0. The van der Waals surface area contributed by atoms with Crippen molar-refractivity contribution in [2.75, 3.05) is 0 Å². The largest absolute Gasteiger partial charge is 1.00 e. The van der Waals surface area contributed by atoms with Gasteiger partial charge >= 0.3 is 124 Å². The van der Waals surface area contributed by atoms with Crippen molar-refractivity contribution in [1.29, 1.82) is 0 Å². The van der Waals surface area contributed by atoms with E-state index >= 15 is 0 Å². The quantitative estimate of drug-likeness (QED) is 0.300. The fraction of sp³-hybridized carbons (Fsp3) is 0.212. The van der Waals surface area contributed by atoms with Crippen LogP contribution in [0.4, 0.5) is 0 Å². The second-order valence-electron chi connectivity index (χ2n) is 11.0. The second-order valence-corrected chi connectivity index (χ2v) is 17.0. The van der Waals surface area contributed by atoms with E-state index in [4.69, 9.17) is 0 Å². The van der Waals surface area contributed by atoms with E-state index in [-0.39, 0.29) is 24.8 Å². The Morgan fingerprint density at radius 1 is 0.763 bits per heavy atom. The number of benzene rings is 3. The fourth-order valence-electron chi connectivity index (χ4n) is 6.67. The smallest absolute Gasteiger partial charge is 1.00 e. The Kier molecular flexibility index (Phi) is 8.37. The summed E-state index contributed by atoms with van der Waals surface area (Å²) in [5, 5.41) is 1.72. The molecule has 38 heavy (non-hydrogen) atoms. The summed E-state index contributed by atoms with van der Waals surface area (Å²) in [4.78, 5) is 0. The number of allylic oxidation sites excluding steroid dienone is 2. The summed E-state index contributed by atoms with van der Waals surface area (Å²) in [7, 11) is -1.17. The average molecular weight is 633 g/mol. The molecule has 0 fully saturated rings. The Hall–Kier alpha value is -1.90. The van der Waals surface area contributed by atoms with Crippen LogP contribution in [0.3, 0.4) is 0 Å². The fourth-order valence-corrected chi connectivity index (χ4v) is 11.8. The maximum absolute atomic E-state index is 2.51. The van der Waals surface area contributed by atoms with Crippen LogP contribution in [0, 0.1) is 6.92 Å². The molecule has 3 aromatic carbocycles. The SMILES string of the molecule is CC1=C2c3ccn(-c4ccccc4)c3C1[Si]2(C)C.CC1=Cc2c(-c3ccc(C)cc3)cccc2[CH]1[Zr+2].[Cl-].[Cl-]. The maximum Gasteiger partial charge on any atom is -1.00 e. The first-order valence-electron chi connectivity index (χ1n) is 12.9. The Morgan fingerprint density at radius 2 is 1.45 bits per heavy atom. The van der Waals surface area contributed by atoms with Gasteiger partial charge in [0.15, 0.2) is 0 Å². The van der Waals surface area contributed by atoms with Crippen LogP contribution in [0.1, 0.15) is 51.0 Å². The van der Waals surface area contributed by atoms with Crippen LogP contribution in [0.15, 0.2) is 96.2 Å². The Morgan fingerprint density at radius 3 is 2.11 bits per heavy atom. The third kappa shape index (κ3) is 4.50. The predicted octanol–water partition coefficient (Wildman–Crippen LogP) is 2.82. The molecule has 0 radical (unpaired) electrons. The molecule has 2 atom stereocenters. The summed E-state index contributed by atoms with van der Waals surface area (Å²) in [5.41, 5.74) is 15.2. The molecular weight excluding hydrogens is 601 g/mol. The molecule has 5 heteroatoms. The van der Waals surface area contributed by atoms with Crippen LogP contribution in [-0.2, 0) is 24.7 Å². The van der Waals surface area contributed by atoms with Gasteiger partial charge in [0.1, 0.15) is 0 Å². The van der Waals surface area contributed by atoms with E-state index in [1.54, 1.807) is 41.2 Å². The molecule has 2 unspecified atom stereocenters. The van der Waals surface area contributed by atoms with Gasteiger partial charge in [-0.1, -0.05) is 42.1 Å². The zero-order chi connectivity index (χ0) is 25.2. The molecule has 3 heterocycles. The molecule has 2 bridgehead atoms. The van der Waals surface area contributed by atoms with Gasteiger partial charge in [-0.3, -0.25) is 0 Å². The standard InChI is InChI=1S/C17H15.C16H17NSi.2ClH.Zr/c1-12-6-8-14(9-7-12)16-5-3-4-15-10-13(2)11-17(15)16;1-11-15-13-9-10-17(12-7-5-4-6-8-12)14(13)16(11)18(15,2)3;;;/h3-11H,1-2H3;4-10,16H,1-3H3;2*1H;/q;;;;+2/p-2. The summed E-state index contributed by atoms with van der Waals surface area (Å²) >= 11 is 1.59. The Labute approximate surface area is 255 Å². The van der Waals surface area contributed by atoms with E-state index in [1.165, 1.54) is 44.6 Å². The number of nitrogens with zero attached hydrogens (tertiary/aromatic N) is 1. The average Bonchev–Trinajstić information content (AvgIpc) is 3.56. The molecule has 2 aliphatic carbocycles. The van der Waals surface area contributed by atoms with Crippen LogP contribution < -0.4 is 24.8 Å². The second kappa shape index (κ2) is 10.9. The van der Waals surface area contributed by atoms with Crippen molar-refractivity contribution in [3.05, 3.63) is 124 Å². The van der Waals surface area contributed by atoms with Crippen LogP contribution >= 0.6 is 0 Å². The van der Waals surface area contributed by atoms with E-state index in [1.807, 2.05) is 0 Å². The topological polar surface area (TPSA) is 4.93 Å². The third-order valence-corrected chi connectivity index (χ3v) is 14.3.